The van der Waals surface area contributed by atoms with Gasteiger partial charge in [-0.1, -0.05) is 55.6 Å². The Morgan fingerprint density at radius 1 is 0.704 bits per heavy atom. The Hall–Kier alpha value is -3.04. The van der Waals surface area contributed by atoms with Gasteiger partial charge in [-0.05, 0) is 50.3 Å². The third-order valence-electron chi connectivity index (χ3n) is 6.10. The van der Waals surface area contributed by atoms with E-state index in [4.69, 9.17) is 9.97 Å². The van der Waals surface area contributed by atoms with Gasteiger partial charge in [-0.2, -0.15) is 0 Å². The maximum atomic E-state index is 4.82. The minimum atomic E-state index is -1.92. The number of pyridine rings is 2. The number of rotatable bonds is 0. The summed E-state index contributed by atoms with van der Waals surface area (Å²) in [6.45, 7) is 4.83. The number of hydrogen-bond acceptors (Lipinski definition) is 2. The molecule has 0 N–H and O–H groups in total. The summed E-state index contributed by atoms with van der Waals surface area (Å²) in [4.78, 5) is 9.62. The van der Waals surface area contributed by atoms with Gasteiger partial charge < -0.3 is 0 Å². The number of aromatic nitrogens is 2. The summed E-state index contributed by atoms with van der Waals surface area (Å²) < 4.78 is 0. The van der Waals surface area contributed by atoms with Crippen LogP contribution in [0.3, 0.4) is 0 Å². The van der Waals surface area contributed by atoms with Crippen molar-refractivity contribution >= 4 is 50.9 Å². The van der Waals surface area contributed by atoms with Crippen LogP contribution in [0.25, 0.3) is 43.6 Å². The van der Waals surface area contributed by atoms with Crippen molar-refractivity contribution in [1.29, 1.82) is 0 Å². The van der Waals surface area contributed by atoms with E-state index in [9.17, 15) is 0 Å². The Morgan fingerprint density at radius 3 is 2.52 bits per heavy atom. The summed E-state index contributed by atoms with van der Waals surface area (Å²) in [5.74, 6) is 0. The van der Waals surface area contributed by atoms with Gasteiger partial charge >= 0.3 is 0 Å². The summed E-state index contributed by atoms with van der Waals surface area (Å²) in [6.07, 6.45) is 3.88. The molecule has 5 aromatic rings. The van der Waals surface area contributed by atoms with Crippen molar-refractivity contribution < 1.29 is 0 Å². The highest BCUT2D eigenvalue weighted by atomic mass is 28.3. The van der Waals surface area contributed by atoms with Crippen LogP contribution in [0.1, 0.15) is 0 Å². The second-order valence-electron chi connectivity index (χ2n) is 7.91. The number of nitrogens with zero attached hydrogens (tertiary/aromatic N) is 2. The van der Waals surface area contributed by atoms with E-state index >= 15 is 0 Å². The normalized spacial score (nSPS) is 14.6. The third-order valence-corrected chi connectivity index (χ3v) is 9.42. The average Bonchev–Trinajstić information content (AvgIpc) is 2.71. The maximum absolute atomic E-state index is 4.82. The summed E-state index contributed by atoms with van der Waals surface area (Å²) in [7, 11) is -1.92. The van der Waals surface area contributed by atoms with Gasteiger partial charge in [0.1, 0.15) is 8.07 Å². The molecule has 0 radical (unpaired) electrons. The molecule has 27 heavy (non-hydrogen) atoms. The lowest BCUT2D eigenvalue weighted by Gasteiger charge is -2.32. The first kappa shape index (κ1) is 15.1. The SMILES string of the molecule is C[Si]1(C)c2ncccc2-c2nccc3c2c1cc1c2ccccc2ccc31. The fourth-order valence-electron chi connectivity index (χ4n) is 4.78. The number of benzene rings is 3. The quantitative estimate of drug-likeness (QED) is 0.294. The number of hydrogen-bond donors (Lipinski definition) is 0. The van der Waals surface area contributed by atoms with Crippen LogP contribution in [0.2, 0.25) is 13.1 Å². The van der Waals surface area contributed by atoms with Gasteiger partial charge in [0.25, 0.3) is 0 Å². The van der Waals surface area contributed by atoms with E-state index in [0.717, 1.165) is 5.69 Å². The van der Waals surface area contributed by atoms with Gasteiger partial charge in [-0.25, -0.2) is 0 Å². The van der Waals surface area contributed by atoms with Gasteiger partial charge in [0.2, 0.25) is 0 Å². The summed E-state index contributed by atoms with van der Waals surface area (Å²) in [5.41, 5.74) is 2.31. The molecule has 0 unspecified atom stereocenters. The zero-order chi connectivity index (χ0) is 18.2. The van der Waals surface area contributed by atoms with E-state index in [2.05, 4.69) is 67.7 Å². The minimum absolute atomic E-state index is 1.09. The summed E-state index contributed by atoms with van der Waals surface area (Å²) in [6, 6.07) is 22.0. The Kier molecular flexibility index (Phi) is 2.80. The molecule has 3 heterocycles. The van der Waals surface area contributed by atoms with Crippen LogP contribution in [0.5, 0.6) is 0 Å². The van der Waals surface area contributed by atoms with Crippen LogP contribution in [0, 0.1) is 0 Å². The van der Waals surface area contributed by atoms with Crippen molar-refractivity contribution in [2.75, 3.05) is 0 Å². The molecule has 6 rings (SSSR count). The fraction of sp³-hybridized carbons (Fsp3) is 0.0833. The highest BCUT2D eigenvalue weighted by Crippen LogP contribution is 2.37. The number of fused-ring (bicyclic) bond motifs is 6. The molecule has 0 saturated heterocycles. The van der Waals surface area contributed by atoms with E-state index in [1.165, 1.54) is 48.4 Å². The molecule has 0 aliphatic carbocycles. The summed E-state index contributed by atoms with van der Waals surface area (Å²) >= 11 is 0. The predicted octanol–water partition coefficient (Wildman–Crippen LogP) is 4.74. The monoisotopic (exact) mass is 362 g/mol. The molecular weight excluding hydrogens is 344 g/mol. The lowest BCUT2D eigenvalue weighted by Crippen LogP contribution is -2.57. The molecular formula is C24H18N2Si. The van der Waals surface area contributed by atoms with Crippen LogP contribution in [-0.2, 0) is 0 Å². The van der Waals surface area contributed by atoms with Crippen molar-refractivity contribution in [3.63, 3.8) is 0 Å². The first-order valence-corrected chi connectivity index (χ1v) is 12.4. The van der Waals surface area contributed by atoms with E-state index < -0.39 is 8.07 Å². The van der Waals surface area contributed by atoms with Crippen molar-refractivity contribution in [1.82, 2.24) is 9.97 Å². The topological polar surface area (TPSA) is 25.8 Å². The highest BCUT2D eigenvalue weighted by molar-refractivity contribution is 7.03. The first-order valence-electron chi connectivity index (χ1n) is 9.36. The van der Waals surface area contributed by atoms with Gasteiger partial charge in [-0.3, -0.25) is 9.97 Å². The van der Waals surface area contributed by atoms with Crippen molar-refractivity contribution in [2.24, 2.45) is 0 Å². The van der Waals surface area contributed by atoms with Crippen LogP contribution in [0.15, 0.2) is 73.1 Å². The van der Waals surface area contributed by atoms with Crippen molar-refractivity contribution in [3.05, 3.63) is 73.1 Å². The first-order chi connectivity index (χ1) is 13.2. The van der Waals surface area contributed by atoms with E-state index in [1.54, 1.807) is 0 Å². The van der Waals surface area contributed by atoms with Crippen LogP contribution >= 0.6 is 0 Å². The van der Waals surface area contributed by atoms with Crippen molar-refractivity contribution in [3.8, 4) is 11.3 Å². The molecule has 3 aromatic carbocycles. The van der Waals surface area contributed by atoms with Crippen molar-refractivity contribution in [2.45, 2.75) is 13.1 Å². The molecule has 0 spiro atoms. The van der Waals surface area contributed by atoms with Gasteiger partial charge in [0.15, 0.2) is 0 Å². The summed E-state index contributed by atoms with van der Waals surface area (Å²) in [5, 5.41) is 10.6. The second kappa shape index (κ2) is 5.02. The van der Waals surface area contributed by atoms with Crippen LogP contribution in [-0.4, -0.2) is 18.0 Å². The lowest BCUT2D eigenvalue weighted by atomic mass is 9.95. The Bertz CT molecular complexity index is 1400. The fourth-order valence-corrected chi connectivity index (χ4v) is 7.69. The molecule has 0 amide bonds. The third kappa shape index (κ3) is 1.84. The standard InChI is InChI=1S/C24H18N2Si/c1-27(2)21-14-20-16-7-4-3-6-15(16)9-10-17(20)18-11-13-25-23(22(18)21)19-8-5-12-26-24(19)27/h3-14H,1-2H3. The molecule has 1 aliphatic rings. The van der Waals surface area contributed by atoms with Gasteiger partial charge in [-0.15, -0.1) is 0 Å². The van der Waals surface area contributed by atoms with E-state index in [0.29, 0.717) is 0 Å². The smallest absolute Gasteiger partial charge is 0.137 e. The Labute approximate surface area is 158 Å². The molecule has 128 valence electrons. The zero-order valence-electron chi connectivity index (χ0n) is 15.3. The minimum Gasteiger partial charge on any atom is -0.265 e. The van der Waals surface area contributed by atoms with E-state index in [-0.39, 0.29) is 0 Å². The molecule has 3 heteroatoms. The Balaban J connectivity index is 1.91. The van der Waals surface area contributed by atoms with Crippen LogP contribution in [0.4, 0.5) is 0 Å². The predicted molar refractivity (Wildman–Crippen MR) is 117 cm³/mol. The molecule has 0 atom stereocenters. The molecule has 0 bridgehead atoms. The van der Waals surface area contributed by atoms with Gasteiger partial charge in [0.05, 0.1) is 5.69 Å². The molecule has 0 fully saturated rings. The maximum Gasteiger partial charge on any atom is 0.137 e. The Morgan fingerprint density at radius 2 is 1.59 bits per heavy atom. The highest BCUT2D eigenvalue weighted by Gasteiger charge is 2.37. The molecule has 0 saturated carbocycles. The largest absolute Gasteiger partial charge is 0.265 e. The lowest BCUT2D eigenvalue weighted by molar-refractivity contribution is 1.31. The zero-order valence-corrected chi connectivity index (χ0v) is 16.3. The van der Waals surface area contributed by atoms with Crippen LogP contribution < -0.4 is 10.5 Å². The second-order valence-corrected chi connectivity index (χ2v) is 12.2. The molecule has 2 nitrogen and oxygen atoms in total. The molecule has 1 aliphatic heterocycles. The van der Waals surface area contributed by atoms with E-state index in [1.807, 2.05) is 18.5 Å². The molecule has 2 aromatic heterocycles. The average molecular weight is 363 g/mol. The van der Waals surface area contributed by atoms with Gasteiger partial charge in [0, 0.05) is 28.7 Å².